The van der Waals surface area contributed by atoms with Crippen LogP contribution >= 0.6 is 0 Å². The number of carbonyl (C=O) groups excluding carboxylic acids is 1. The lowest BCUT2D eigenvalue weighted by Gasteiger charge is -2.35. The highest BCUT2D eigenvalue weighted by molar-refractivity contribution is 7.89. The molecule has 1 saturated heterocycles. The number of aryl methyl sites for hydroxylation is 2. The second-order valence-electron chi connectivity index (χ2n) is 9.30. The molecule has 0 aliphatic carbocycles. The third-order valence-corrected chi connectivity index (χ3v) is 9.24. The van der Waals surface area contributed by atoms with E-state index in [0.29, 0.717) is 56.9 Å². The van der Waals surface area contributed by atoms with Crippen LogP contribution in [0.4, 0.5) is 11.5 Å². The van der Waals surface area contributed by atoms with E-state index in [2.05, 4.69) is 19.9 Å². The van der Waals surface area contributed by atoms with Crippen molar-refractivity contribution >= 4 is 27.4 Å². The van der Waals surface area contributed by atoms with Crippen molar-refractivity contribution in [1.29, 1.82) is 0 Å². The van der Waals surface area contributed by atoms with Crippen LogP contribution in [0.2, 0.25) is 0 Å². The molecule has 1 fully saturated rings. The topological polar surface area (TPSA) is 105 Å². The molecule has 0 bridgehead atoms. The molecule has 182 valence electrons. The van der Waals surface area contributed by atoms with Crippen molar-refractivity contribution in [2.45, 2.75) is 38.0 Å². The summed E-state index contributed by atoms with van der Waals surface area (Å²) in [6, 6.07) is 5.46. The third-order valence-electron chi connectivity index (χ3n) is 7.36. The number of aromatic nitrogens is 4. The molecular weight excluding hydrogens is 466 g/mol. The standard InChI is InChI=1S/C24H27N7O3S/c1-16-17(2)31(15-27-16)22-13-21(25-14-26-22)28-7-9-29(10-8-28)35(33,34)20-11-18-3-4-23(32)30-6-5-19(12-20)24(18)30/h11-15H,3-10H2,1-2H3. The lowest BCUT2D eigenvalue weighted by atomic mass is 10.00. The number of amides is 1. The minimum absolute atomic E-state index is 0.134. The fourth-order valence-corrected chi connectivity index (χ4v) is 6.78. The van der Waals surface area contributed by atoms with E-state index in [9.17, 15) is 13.2 Å². The highest BCUT2D eigenvalue weighted by atomic mass is 32.2. The van der Waals surface area contributed by atoms with Crippen molar-refractivity contribution in [3.05, 3.63) is 53.4 Å². The van der Waals surface area contributed by atoms with Gasteiger partial charge in [0, 0.05) is 50.9 Å². The monoisotopic (exact) mass is 493 g/mol. The van der Waals surface area contributed by atoms with Gasteiger partial charge in [0.05, 0.1) is 16.3 Å². The van der Waals surface area contributed by atoms with Crippen molar-refractivity contribution < 1.29 is 13.2 Å². The molecule has 2 aromatic heterocycles. The van der Waals surface area contributed by atoms with Crippen molar-refractivity contribution in [3.63, 3.8) is 0 Å². The van der Waals surface area contributed by atoms with Gasteiger partial charge in [-0.2, -0.15) is 4.31 Å². The average Bonchev–Trinajstić information content (AvgIpc) is 3.46. The summed E-state index contributed by atoms with van der Waals surface area (Å²) < 4.78 is 30.6. The minimum Gasteiger partial charge on any atom is -0.354 e. The first-order valence-electron chi connectivity index (χ1n) is 11.9. The first kappa shape index (κ1) is 22.2. The molecule has 11 heteroatoms. The van der Waals surface area contributed by atoms with Crippen LogP contribution in [0, 0.1) is 13.8 Å². The Morgan fingerprint density at radius 3 is 2.26 bits per heavy atom. The predicted octanol–water partition coefficient (Wildman–Crippen LogP) is 1.63. The van der Waals surface area contributed by atoms with Gasteiger partial charge in [-0.05, 0) is 49.9 Å². The highest BCUT2D eigenvalue weighted by Gasteiger charge is 2.35. The lowest BCUT2D eigenvalue weighted by molar-refractivity contribution is -0.118. The molecule has 1 amide bonds. The molecule has 3 aliphatic rings. The number of hydrogen-bond acceptors (Lipinski definition) is 7. The Balaban J connectivity index is 1.21. The number of hydrogen-bond donors (Lipinski definition) is 0. The number of rotatable bonds is 4. The maximum absolute atomic E-state index is 13.5. The molecule has 0 atom stereocenters. The van der Waals surface area contributed by atoms with E-state index in [0.717, 1.165) is 39.8 Å². The molecule has 0 radical (unpaired) electrons. The maximum atomic E-state index is 13.5. The van der Waals surface area contributed by atoms with Gasteiger partial charge < -0.3 is 9.80 Å². The molecule has 3 aliphatic heterocycles. The van der Waals surface area contributed by atoms with E-state index in [4.69, 9.17) is 0 Å². The van der Waals surface area contributed by atoms with Gasteiger partial charge in [-0.25, -0.2) is 23.4 Å². The Bertz CT molecular complexity index is 1440. The van der Waals surface area contributed by atoms with Gasteiger partial charge in [0.25, 0.3) is 0 Å². The van der Waals surface area contributed by atoms with Gasteiger partial charge in [-0.1, -0.05) is 0 Å². The van der Waals surface area contributed by atoms with Crippen molar-refractivity contribution in [1.82, 2.24) is 23.8 Å². The zero-order chi connectivity index (χ0) is 24.3. The first-order valence-corrected chi connectivity index (χ1v) is 13.3. The van der Waals surface area contributed by atoms with Gasteiger partial charge in [0.1, 0.15) is 24.3 Å². The molecule has 35 heavy (non-hydrogen) atoms. The van der Waals surface area contributed by atoms with Gasteiger partial charge >= 0.3 is 0 Å². The Morgan fingerprint density at radius 2 is 1.54 bits per heavy atom. The average molecular weight is 494 g/mol. The summed E-state index contributed by atoms with van der Waals surface area (Å²) in [5, 5.41) is 0. The molecule has 5 heterocycles. The van der Waals surface area contributed by atoms with Gasteiger partial charge in [-0.15, -0.1) is 0 Å². The molecule has 0 N–H and O–H groups in total. The van der Waals surface area contributed by atoms with Crippen molar-refractivity contribution in [2.24, 2.45) is 0 Å². The molecule has 0 spiro atoms. The molecule has 6 rings (SSSR count). The van der Waals surface area contributed by atoms with E-state index in [1.807, 2.05) is 29.4 Å². The normalized spacial score (nSPS) is 18.3. The van der Waals surface area contributed by atoms with Crippen LogP contribution in [-0.4, -0.2) is 70.9 Å². The summed E-state index contributed by atoms with van der Waals surface area (Å²) in [5.74, 6) is 1.64. The van der Waals surface area contributed by atoms with Crippen molar-refractivity contribution in [3.8, 4) is 5.82 Å². The summed E-state index contributed by atoms with van der Waals surface area (Å²) >= 11 is 0. The summed E-state index contributed by atoms with van der Waals surface area (Å²) in [5.41, 5.74) is 4.84. The Labute approximate surface area is 204 Å². The number of sulfonamides is 1. The van der Waals surface area contributed by atoms with Crippen LogP contribution in [-0.2, 0) is 27.7 Å². The molecule has 0 saturated carbocycles. The fraction of sp³-hybridized carbons (Fsp3) is 0.417. The van der Waals surface area contributed by atoms with Crippen LogP contribution in [0.3, 0.4) is 0 Å². The van der Waals surface area contributed by atoms with E-state index in [-0.39, 0.29) is 5.91 Å². The quantitative estimate of drug-likeness (QED) is 0.544. The Hall–Kier alpha value is -3.31. The molecule has 0 unspecified atom stereocenters. The second kappa shape index (κ2) is 8.13. The van der Waals surface area contributed by atoms with E-state index < -0.39 is 10.0 Å². The summed E-state index contributed by atoms with van der Waals surface area (Å²) in [4.78, 5) is 29.6. The predicted molar refractivity (Wildman–Crippen MR) is 130 cm³/mol. The van der Waals surface area contributed by atoms with E-state index in [1.54, 1.807) is 22.8 Å². The Kier molecular flexibility index (Phi) is 5.15. The summed E-state index contributed by atoms with van der Waals surface area (Å²) in [6.07, 6.45) is 5.03. The number of imidazole rings is 1. The van der Waals surface area contributed by atoms with Gasteiger partial charge in [-0.3, -0.25) is 9.36 Å². The molecule has 3 aromatic rings. The second-order valence-corrected chi connectivity index (χ2v) is 11.2. The third kappa shape index (κ3) is 3.61. The largest absolute Gasteiger partial charge is 0.354 e. The number of piperazine rings is 1. The number of nitrogens with zero attached hydrogens (tertiary/aromatic N) is 7. The van der Waals surface area contributed by atoms with E-state index in [1.165, 1.54) is 6.33 Å². The van der Waals surface area contributed by atoms with Crippen LogP contribution < -0.4 is 9.80 Å². The molecule has 10 nitrogen and oxygen atoms in total. The van der Waals surface area contributed by atoms with E-state index >= 15 is 0 Å². The van der Waals surface area contributed by atoms with Crippen LogP contribution in [0.5, 0.6) is 0 Å². The molecule has 1 aromatic carbocycles. The smallest absolute Gasteiger partial charge is 0.243 e. The number of carbonyl (C=O) groups is 1. The highest BCUT2D eigenvalue weighted by Crippen LogP contribution is 2.39. The Morgan fingerprint density at radius 1 is 0.829 bits per heavy atom. The lowest BCUT2D eigenvalue weighted by Crippen LogP contribution is -2.49. The van der Waals surface area contributed by atoms with Gasteiger partial charge in [0.15, 0.2) is 0 Å². The summed E-state index contributed by atoms with van der Waals surface area (Å²) in [7, 11) is -3.62. The van der Waals surface area contributed by atoms with Gasteiger partial charge in [0.2, 0.25) is 15.9 Å². The first-order chi connectivity index (χ1) is 16.8. The van der Waals surface area contributed by atoms with Crippen LogP contribution in [0.1, 0.15) is 28.9 Å². The zero-order valence-corrected chi connectivity index (χ0v) is 20.6. The van der Waals surface area contributed by atoms with Crippen LogP contribution in [0.15, 0.2) is 35.7 Å². The fourth-order valence-electron chi connectivity index (χ4n) is 5.25. The SMILES string of the molecule is Cc1ncn(-c2cc(N3CCN(S(=O)(=O)c4cc5c6c(c4)CCN6C(=O)CC5)CC3)ncn2)c1C. The summed E-state index contributed by atoms with van der Waals surface area (Å²) in [6.45, 7) is 6.43. The zero-order valence-electron chi connectivity index (χ0n) is 19.8. The number of anilines is 2. The number of benzene rings is 1. The maximum Gasteiger partial charge on any atom is 0.243 e. The van der Waals surface area contributed by atoms with Crippen molar-refractivity contribution in [2.75, 3.05) is 42.5 Å². The molecular formula is C24H27N7O3S. The van der Waals surface area contributed by atoms with Crippen LogP contribution in [0.25, 0.3) is 5.82 Å². The minimum atomic E-state index is -3.62.